The topological polar surface area (TPSA) is 93.5 Å². The molecule has 0 aromatic heterocycles. The molecular formula is C17H25N3O3. The van der Waals surface area contributed by atoms with Crippen molar-refractivity contribution >= 4 is 17.5 Å². The number of hydrogen-bond acceptors (Lipinski definition) is 4. The van der Waals surface area contributed by atoms with E-state index in [0.29, 0.717) is 24.2 Å². The molecule has 0 bridgehead atoms. The fourth-order valence-electron chi connectivity index (χ4n) is 2.48. The number of rotatable bonds is 4. The molecule has 1 saturated heterocycles. The molecule has 6 heteroatoms. The molecule has 2 amide bonds. The molecule has 0 aliphatic carbocycles. The fraction of sp³-hybridized carbons (Fsp3) is 0.529. The number of anilines is 1. The van der Waals surface area contributed by atoms with Crippen LogP contribution >= 0.6 is 0 Å². The third-order valence-corrected chi connectivity index (χ3v) is 3.58. The van der Waals surface area contributed by atoms with Crippen LogP contribution < -0.4 is 16.4 Å². The summed E-state index contributed by atoms with van der Waals surface area (Å²) in [5.41, 5.74) is 6.13. The third-order valence-electron chi connectivity index (χ3n) is 3.58. The van der Waals surface area contributed by atoms with Gasteiger partial charge < -0.3 is 21.1 Å². The molecule has 4 N–H and O–H groups in total. The van der Waals surface area contributed by atoms with Gasteiger partial charge in [-0.3, -0.25) is 9.59 Å². The molecule has 1 heterocycles. The number of ether oxygens (including phenoxy) is 1. The van der Waals surface area contributed by atoms with Crippen LogP contribution in [0.1, 0.15) is 44.0 Å². The van der Waals surface area contributed by atoms with Gasteiger partial charge in [0.15, 0.2) is 0 Å². The van der Waals surface area contributed by atoms with E-state index in [-0.39, 0.29) is 23.5 Å². The van der Waals surface area contributed by atoms with Gasteiger partial charge in [-0.2, -0.15) is 0 Å². The number of amides is 2. The Morgan fingerprint density at radius 2 is 1.96 bits per heavy atom. The molecule has 0 spiro atoms. The fourth-order valence-corrected chi connectivity index (χ4v) is 2.48. The van der Waals surface area contributed by atoms with Gasteiger partial charge in [0.05, 0.1) is 17.4 Å². The number of carbonyl (C=O) groups excluding carboxylic acids is 2. The van der Waals surface area contributed by atoms with Gasteiger partial charge in [-0.1, -0.05) is 12.1 Å². The predicted molar refractivity (Wildman–Crippen MR) is 89.2 cm³/mol. The van der Waals surface area contributed by atoms with Gasteiger partial charge in [-0.05, 0) is 45.7 Å². The Balaban J connectivity index is 2.08. The Bertz CT molecular complexity index is 581. The minimum Gasteiger partial charge on any atom is -0.364 e. The molecule has 0 saturated carbocycles. The van der Waals surface area contributed by atoms with Crippen molar-refractivity contribution in [1.82, 2.24) is 5.32 Å². The highest BCUT2D eigenvalue weighted by atomic mass is 16.5. The van der Waals surface area contributed by atoms with Crippen molar-refractivity contribution in [2.24, 2.45) is 5.73 Å². The normalized spacial score (nSPS) is 21.0. The monoisotopic (exact) mass is 319 g/mol. The van der Waals surface area contributed by atoms with Crippen molar-refractivity contribution in [3.63, 3.8) is 0 Å². The van der Waals surface area contributed by atoms with E-state index in [4.69, 9.17) is 10.5 Å². The summed E-state index contributed by atoms with van der Waals surface area (Å²) in [5.74, 6) is -0.461. The second-order valence-corrected chi connectivity index (χ2v) is 6.80. The highest BCUT2D eigenvalue weighted by Crippen LogP contribution is 2.22. The molecule has 2 atom stereocenters. The zero-order valence-electron chi connectivity index (χ0n) is 13.9. The summed E-state index contributed by atoms with van der Waals surface area (Å²) in [4.78, 5) is 24.7. The van der Waals surface area contributed by atoms with E-state index in [2.05, 4.69) is 10.6 Å². The molecule has 6 nitrogen and oxygen atoms in total. The Labute approximate surface area is 136 Å². The van der Waals surface area contributed by atoms with E-state index in [0.717, 1.165) is 6.42 Å². The number of para-hydroxylation sites is 1. The van der Waals surface area contributed by atoms with Crippen LogP contribution in [0.4, 0.5) is 5.69 Å². The Kier molecular flexibility index (Phi) is 5.38. The Hall–Kier alpha value is -1.92. The van der Waals surface area contributed by atoms with Crippen molar-refractivity contribution in [1.29, 1.82) is 0 Å². The second-order valence-electron chi connectivity index (χ2n) is 6.80. The first-order chi connectivity index (χ1) is 10.8. The zero-order valence-corrected chi connectivity index (χ0v) is 13.9. The van der Waals surface area contributed by atoms with Crippen molar-refractivity contribution in [2.45, 2.75) is 51.4 Å². The molecule has 1 aliphatic rings. The predicted octanol–water partition coefficient (Wildman–Crippen LogP) is 1.66. The number of carbonyl (C=O) groups is 2. The SMILES string of the molecule is CC(C)(C)NC(=O)c1ccccc1NC(=O)[C@@H]1CC[C@H](CN)O1. The molecule has 1 fully saturated rings. The molecule has 126 valence electrons. The van der Waals surface area contributed by atoms with Crippen LogP contribution in [0.3, 0.4) is 0 Å². The lowest BCUT2D eigenvalue weighted by Gasteiger charge is -2.22. The molecule has 0 unspecified atom stereocenters. The van der Waals surface area contributed by atoms with Gasteiger partial charge in [-0.25, -0.2) is 0 Å². The van der Waals surface area contributed by atoms with Crippen molar-refractivity contribution in [3.8, 4) is 0 Å². The van der Waals surface area contributed by atoms with E-state index >= 15 is 0 Å². The highest BCUT2D eigenvalue weighted by Gasteiger charge is 2.30. The summed E-state index contributed by atoms with van der Waals surface area (Å²) in [6, 6.07) is 6.95. The molecule has 1 aromatic carbocycles. The van der Waals surface area contributed by atoms with Crippen LogP contribution in [0, 0.1) is 0 Å². The van der Waals surface area contributed by atoms with Crippen LogP contribution in [-0.2, 0) is 9.53 Å². The van der Waals surface area contributed by atoms with E-state index in [1.807, 2.05) is 20.8 Å². The van der Waals surface area contributed by atoms with Gasteiger partial charge in [0.1, 0.15) is 6.10 Å². The van der Waals surface area contributed by atoms with Gasteiger partial charge in [0.25, 0.3) is 11.8 Å². The maximum Gasteiger partial charge on any atom is 0.253 e. The minimum atomic E-state index is -0.512. The van der Waals surface area contributed by atoms with E-state index in [1.54, 1.807) is 24.3 Å². The molecule has 2 rings (SSSR count). The molecular weight excluding hydrogens is 294 g/mol. The number of nitrogens with two attached hydrogens (primary N) is 1. The third kappa shape index (κ3) is 4.77. The average Bonchev–Trinajstić information content (AvgIpc) is 2.95. The molecule has 23 heavy (non-hydrogen) atoms. The lowest BCUT2D eigenvalue weighted by molar-refractivity contribution is -0.126. The summed E-state index contributed by atoms with van der Waals surface area (Å²) < 4.78 is 5.59. The van der Waals surface area contributed by atoms with Crippen molar-refractivity contribution in [2.75, 3.05) is 11.9 Å². The maximum absolute atomic E-state index is 12.4. The zero-order chi connectivity index (χ0) is 17.0. The lowest BCUT2D eigenvalue weighted by atomic mass is 10.1. The van der Waals surface area contributed by atoms with Crippen LogP contribution in [0.25, 0.3) is 0 Å². The van der Waals surface area contributed by atoms with Crippen molar-refractivity contribution < 1.29 is 14.3 Å². The summed E-state index contributed by atoms with van der Waals surface area (Å²) in [5, 5.41) is 5.69. The maximum atomic E-state index is 12.4. The highest BCUT2D eigenvalue weighted by molar-refractivity contribution is 6.04. The molecule has 1 aliphatic heterocycles. The Morgan fingerprint density at radius 3 is 2.57 bits per heavy atom. The quantitative estimate of drug-likeness (QED) is 0.787. The van der Waals surface area contributed by atoms with E-state index in [9.17, 15) is 9.59 Å². The first-order valence-corrected chi connectivity index (χ1v) is 7.88. The number of hydrogen-bond donors (Lipinski definition) is 3. The summed E-state index contributed by atoms with van der Waals surface area (Å²) in [6.45, 7) is 6.14. The Morgan fingerprint density at radius 1 is 1.26 bits per heavy atom. The second kappa shape index (κ2) is 7.10. The lowest BCUT2D eigenvalue weighted by Crippen LogP contribution is -2.41. The van der Waals surface area contributed by atoms with Gasteiger partial charge in [0.2, 0.25) is 0 Å². The number of benzene rings is 1. The largest absolute Gasteiger partial charge is 0.364 e. The van der Waals surface area contributed by atoms with Crippen LogP contribution in [0.15, 0.2) is 24.3 Å². The average molecular weight is 319 g/mol. The summed E-state index contributed by atoms with van der Waals surface area (Å²) in [7, 11) is 0. The standard InChI is InChI=1S/C17H25N3O3/c1-17(2,3)20-15(21)12-6-4-5-7-13(12)19-16(22)14-9-8-11(10-18)23-14/h4-7,11,14H,8-10,18H2,1-3H3,(H,19,22)(H,20,21)/t11-,14+/m1/s1. The summed E-state index contributed by atoms with van der Waals surface area (Å²) in [6.07, 6.45) is 0.845. The van der Waals surface area contributed by atoms with E-state index in [1.165, 1.54) is 0 Å². The first kappa shape index (κ1) is 17.4. The molecule has 0 radical (unpaired) electrons. The summed E-state index contributed by atoms with van der Waals surface area (Å²) >= 11 is 0. The first-order valence-electron chi connectivity index (χ1n) is 7.88. The van der Waals surface area contributed by atoms with Gasteiger partial charge in [0, 0.05) is 12.1 Å². The van der Waals surface area contributed by atoms with Gasteiger partial charge in [-0.15, -0.1) is 0 Å². The van der Waals surface area contributed by atoms with E-state index < -0.39 is 6.10 Å². The van der Waals surface area contributed by atoms with Crippen molar-refractivity contribution in [3.05, 3.63) is 29.8 Å². The van der Waals surface area contributed by atoms with Crippen LogP contribution in [0.2, 0.25) is 0 Å². The smallest absolute Gasteiger partial charge is 0.253 e. The molecule has 1 aromatic rings. The minimum absolute atomic E-state index is 0.0646. The van der Waals surface area contributed by atoms with Crippen LogP contribution in [-0.4, -0.2) is 36.1 Å². The van der Waals surface area contributed by atoms with Gasteiger partial charge >= 0.3 is 0 Å². The van der Waals surface area contributed by atoms with Crippen LogP contribution in [0.5, 0.6) is 0 Å². The number of nitrogens with one attached hydrogen (secondary N) is 2.